The molecule has 1 aromatic carbocycles. The summed E-state index contributed by atoms with van der Waals surface area (Å²) in [6.45, 7) is 3.62. The Kier molecular flexibility index (Phi) is 3.15. The molecular weight excluding hydrogens is 218 g/mol. The summed E-state index contributed by atoms with van der Waals surface area (Å²) in [6.07, 6.45) is 0.805. The lowest BCUT2D eigenvalue weighted by molar-refractivity contribution is 0.101. The summed E-state index contributed by atoms with van der Waals surface area (Å²) < 4.78 is 0. The van der Waals surface area contributed by atoms with Gasteiger partial charge in [0.05, 0.1) is 5.01 Å². The van der Waals surface area contributed by atoms with E-state index < -0.39 is 0 Å². The van der Waals surface area contributed by atoms with Crippen LogP contribution in [0.25, 0.3) is 0 Å². The summed E-state index contributed by atoms with van der Waals surface area (Å²) >= 11 is 1.55. The fourth-order valence-corrected chi connectivity index (χ4v) is 2.42. The number of carbonyl (C=O) groups excluding carboxylic acids is 1. The monoisotopic (exact) mass is 231 g/mol. The molecule has 0 aliphatic heterocycles. The smallest absolute Gasteiger partial charge is 0.178 e. The molecule has 0 spiro atoms. The van der Waals surface area contributed by atoms with Gasteiger partial charge < -0.3 is 0 Å². The molecule has 2 aromatic rings. The fraction of sp³-hybridized carbons (Fsp3) is 0.231. The van der Waals surface area contributed by atoms with Crippen molar-refractivity contribution >= 4 is 17.1 Å². The first-order valence-corrected chi connectivity index (χ1v) is 6.04. The minimum absolute atomic E-state index is 0.0340. The lowest BCUT2D eigenvalue weighted by atomic mass is 10.1. The quantitative estimate of drug-likeness (QED) is 0.759. The third-order valence-corrected chi connectivity index (χ3v) is 3.20. The molecule has 0 aliphatic rings. The highest BCUT2D eigenvalue weighted by Crippen LogP contribution is 2.15. The molecule has 3 heteroatoms. The zero-order valence-corrected chi connectivity index (χ0v) is 10.2. The van der Waals surface area contributed by atoms with E-state index >= 15 is 0 Å². The summed E-state index contributed by atoms with van der Waals surface area (Å²) in [5.74, 6) is 0.0340. The topological polar surface area (TPSA) is 30.0 Å². The van der Waals surface area contributed by atoms with E-state index in [0.717, 1.165) is 11.4 Å². The van der Waals surface area contributed by atoms with E-state index in [2.05, 4.69) is 30.1 Å². The molecule has 0 saturated heterocycles. The Morgan fingerprint density at radius 2 is 2.25 bits per heavy atom. The van der Waals surface area contributed by atoms with Crippen LogP contribution in [0.5, 0.6) is 0 Å². The number of nitrogens with zero attached hydrogens (tertiary/aromatic N) is 1. The van der Waals surface area contributed by atoms with Crippen LogP contribution in [0.3, 0.4) is 0 Å². The third kappa shape index (κ3) is 2.55. The number of aryl methyl sites for hydroxylation is 1. The van der Waals surface area contributed by atoms with Crippen LogP contribution in [-0.2, 0) is 6.42 Å². The molecule has 0 amide bonds. The van der Waals surface area contributed by atoms with Gasteiger partial charge in [-0.2, -0.15) is 0 Å². The number of Topliss-reactive ketones (excluding diaryl/α,β-unsaturated/α-hetero) is 1. The Bertz CT molecular complexity index is 516. The number of rotatable bonds is 3. The van der Waals surface area contributed by atoms with Crippen molar-refractivity contribution in [3.8, 4) is 0 Å². The minimum atomic E-state index is 0.0340. The van der Waals surface area contributed by atoms with Crippen molar-refractivity contribution in [2.75, 3.05) is 0 Å². The average molecular weight is 231 g/mol. The average Bonchev–Trinajstić information content (AvgIpc) is 2.66. The van der Waals surface area contributed by atoms with Gasteiger partial charge in [-0.3, -0.25) is 4.79 Å². The largest absolute Gasteiger partial charge is 0.293 e. The summed E-state index contributed by atoms with van der Waals surface area (Å²) in [7, 11) is 0. The van der Waals surface area contributed by atoms with E-state index in [9.17, 15) is 4.79 Å². The number of carbonyl (C=O) groups is 1. The van der Waals surface area contributed by atoms with Gasteiger partial charge in [-0.05, 0) is 12.5 Å². The minimum Gasteiger partial charge on any atom is -0.293 e. The van der Waals surface area contributed by atoms with E-state index in [1.165, 1.54) is 11.1 Å². The number of thiazole rings is 1. The normalized spacial score (nSPS) is 10.4. The molecule has 2 nitrogen and oxygen atoms in total. The molecule has 16 heavy (non-hydrogen) atoms. The van der Waals surface area contributed by atoms with Crippen LogP contribution < -0.4 is 0 Å². The van der Waals surface area contributed by atoms with Crippen molar-refractivity contribution in [3.63, 3.8) is 0 Å². The van der Waals surface area contributed by atoms with Crippen LogP contribution >= 0.6 is 11.3 Å². The second kappa shape index (κ2) is 4.58. The summed E-state index contributed by atoms with van der Waals surface area (Å²) in [4.78, 5) is 15.4. The summed E-state index contributed by atoms with van der Waals surface area (Å²) in [5.41, 5.74) is 3.07. The Morgan fingerprint density at radius 3 is 2.88 bits per heavy atom. The second-order valence-corrected chi connectivity index (χ2v) is 4.79. The molecule has 1 aromatic heterocycles. The molecule has 0 saturated carbocycles. The van der Waals surface area contributed by atoms with E-state index in [-0.39, 0.29) is 5.78 Å². The molecule has 2 rings (SSSR count). The Hall–Kier alpha value is -1.48. The molecule has 0 N–H and O–H groups in total. The first-order valence-electron chi connectivity index (χ1n) is 5.16. The van der Waals surface area contributed by atoms with Gasteiger partial charge in [0.25, 0.3) is 0 Å². The molecule has 82 valence electrons. The van der Waals surface area contributed by atoms with E-state index in [1.807, 2.05) is 11.4 Å². The first kappa shape index (κ1) is 11.0. The highest BCUT2D eigenvalue weighted by atomic mass is 32.1. The van der Waals surface area contributed by atoms with Crippen molar-refractivity contribution < 1.29 is 4.79 Å². The molecule has 0 unspecified atom stereocenters. The lowest BCUT2D eigenvalue weighted by Gasteiger charge is -1.99. The van der Waals surface area contributed by atoms with Crippen molar-refractivity contribution in [2.45, 2.75) is 20.3 Å². The number of aromatic nitrogens is 1. The van der Waals surface area contributed by atoms with Gasteiger partial charge in [0.1, 0.15) is 5.69 Å². The number of benzene rings is 1. The van der Waals surface area contributed by atoms with Crippen molar-refractivity contribution in [3.05, 3.63) is 51.5 Å². The molecule has 0 radical (unpaired) electrons. The predicted octanol–water partition coefficient (Wildman–Crippen LogP) is 3.24. The number of hydrogen-bond donors (Lipinski definition) is 0. The van der Waals surface area contributed by atoms with Crippen LogP contribution in [0.1, 0.15) is 33.5 Å². The number of ketones is 1. The zero-order chi connectivity index (χ0) is 11.5. The maximum absolute atomic E-state index is 11.1. The van der Waals surface area contributed by atoms with E-state index in [0.29, 0.717) is 5.69 Å². The van der Waals surface area contributed by atoms with Gasteiger partial charge in [0.2, 0.25) is 0 Å². The lowest BCUT2D eigenvalue weighted by Crippen LogP contribution is -1.93. The highest BCUT2D eigenvalue weighted by molar-refractivity contribution is 7.09. The Morgan fingerprint density at radius 1 is 1.44 bits per heavy atom. The Labute approximate surface area is 99.0 Å². The van der Waals surface area contributed by atoms with Crippen molar-refractivity contribution in [1.29, 1.82) is 0 Å². The van der Waals surface area contributed by atoms with E-state index in [4.69, 9.17) is 0 Å². The molecule has 0 fully saturated rings. The van der Waals surface area contributed by atoms with Gasteiger partial charge in [0.15, 0.2) is 5.78 Å². The molecule has 1 heterocycles. The van der Waals surface area contributed by atoms with Crippen molar-refractivity contribution in [1.82, 2.24) is 4.98 Å². The number of hydrogen-bond acceptors (Lipinski definition) is 3. The van der Waals surface area contributed by atoms with Crippen LogP contribution in [0.4, 0.5) is 0 Å². The molecule has 0 bridgehead atoms. The maximum atomic E-state index is 11.1. The maximum Gasteiger partial charge on any atom is 0.178 e. The van der Waals surface area contributed by atoms with Gasteiger partial charge in [-0.15, -0.1) is 11.3 Å². The van der Waals surface area contributed by atoms with Crippen LogP contribution in [0, 0.1) is 6.92 Å². The third-order valence-electron chi connectivity index (χ3n) is 2.35. The van der Waals surface area contributed by atoms with Gasteiger partial charge in [0, 0.05) is 18.7 Å². The molecular formula is C13H13NOS. The van der Waals surface area contributed by atoms with Gasteiger partial charge >= 0.3 is 0 Å². The van der Waals surface area contributed by atoms with E-state index in [1.54, 1.807) is 18.3 Å². The second-order valence-electron chi connectivity index (χ2n) is 3.85. The molecule has 0 atom stereocenters. The predicted molar refractivity (Wildman–Crippen MR) is 66.1 cm³/mol. The standard InChI is InChI=1S/C13H13NOS/c1-9-4-3-5-11(6-9)7-13-14-12(8-16-13)10(2)15/h3-6,8H,7H2,1-2H3. The van der Waals surface area contributed by atoms with Gasteiger partial charge in [-0.25, -0.2) is 4.98 Å². The fourth-order valence-electron chi connectivity index (χ4n) is 1.55. The van der Waals surface area contributed by atoms with Gasteiger partial charge in [-0.1, -0.05) is 29.8 Å². The van der Waals surface area contributed by atoms with Crippen LogP contribution in [0.2, 0.25) is 0 Å². The summed E-state index contributed by atoms with van der Waals surface area (Å²) in [5, 5.41) is 2.82. The van der Waals surface area contributed by atoms with Crippen LogP contribution in [-0.4, -0.2) is 10.8 Å². The highest BCUT2D eigenvalue weighted by Gasteiger charge is 2.06. The zero-order valence-electron chi connectivity index (χ0n) is 9.36. The Balaban J connectivity index is 2.17. The van der Waals surface area contributed by atoms with Crippen LogP contribution in [0.15, 0.2) is 29.6 Å². The summed E-state index contributed by atoms with van der Waals surface area (Å²) in [6, 6.07) is 8.35. The van der Waals surface area contributed by atoms with Crippen molar-refractivity contribution in [2.24, 2.45) is 0 Å². The SMILES string of the molecule is CC(=O)c1csc(Cc2cccc(C)c2)n1. The molecule has 0 aliphatic carbocycles. The first-order chi connectivity index (χ1) is 7.65.